The number of hydrogen-bond donors (Lipinski definition) is 2. The molecule has 0 fully saturated rings. The number of imidazole rings is 1. The van der Waals surface area contributed by atoms with E-state index in [1.54, 1.807) is 12.4 Å². The molecule has 0 amide bonds. The predicted molar refractivity (Wildman–Crippen MR) is 66.0 cm³/mol. The quantitative estimate of drug-likeness (QED) is 0.606. The summed E-state index contributed by atoms with van der Waals surface area (Å²) in [6.07, 6.45) is 6.36. The van der Waals surface area contributed by atoms with Gasteiger partial charge in [-0.2, -0.15) is 0 Å². The van der Waals surface area contributed by atoms with Gasteiger partial charge in [0.05, 0.1) is 5.69 Å². The van der Waals surface area contributed by atoms with Crippen molar-refractivity contribution in [3.05, 3.63) is 47.8 Å². The van der Waals surface area contributed by atoms with Gasteiger partial charge in [-0.3, -0.25) is 10.8 Å². The number of nitrogens with zero attached hydrogens (tertiary/aromatic N) is 3. The van der Waals surface area contributed by atoms with E-state index in [0.29, 0.717) is 0 Å². The van der Waals surface area contributed by atoms with Gasteiger partial charge in [-0.05, 0) is 18.1 Å². The number of nitrogens with one attached hydrogen (secondary N) is 1. The number of pyridine rings is 1. The lowest BCUT2D eigenvalue weighted by Crippen LogP contribution is -2.32. The fourth-order valence-corrected chi connectivity index (χ4v) is 1.94. The van der Waals surface area contributed by atoms with E-state index in [-0.39, 0.29) is 6.04 Å². The Morgan fingerprint density at radius 1 is 1.41 bits per heavy atom. The van der Waals surface area contributed by atoms with E-state index in [9.17, 15) is 0 Å². The second kappa shape index (κ2) is 5.07. The first-order valence-electron chi connectivity index (χ1n) is 5.65. The first-order chi connectivity index (χ1) is 8.27. The Morgan fingerprint density at radius 3 is 2.82 bits per heavy atom. The standard InChI is InChI=1S/C12H17N5/c1-3-9-5-4-6-14-10(9)11(16-13)12-15-7-8-17(12)2/h4-8,11,16H,3,13H2,1-2H3. The molecule has 0 saturated carbocycles. The highest BCUT2D eigenvalue weighted by molar-refractivity contribution is 5.27. The first-order valence-corrected chi connectivity index (χ1v) is 5.65. The Morgan fingerprint density at radius 2 is 2.24 bits per heavy atom. The lowest BCUT2D eigenvalue weighted by Gasteiger charge is -2.17. The molecule has 0 aromatic carbocycles. The molecule has 0 bridgehead atoms. The maximum atomic E-state index is 5.65. The highest BCUT2D eigenvalue weighted by atomic mass is 15.3. The number of rotatable bonds is 4. The molecule has 3 N–H and O–H groups in total. The average Bonchev–Trinajstić information content (AvgIpc) is 2.78. The Labute approximate surface area is 101 Å². The van der Waals surface area contributed by atoms with Gasteiger partial charge < -0.3 is 4.57 Å². The van der Waals surface area contributed by atoms with Crippen molar-refractivity contribution in [1.82, 2.24) is 20.0 Å². The lowest BCUT2D eigenvalue weighted by molar-refractivity contribution is 0.562. The van der Waals surface area contributed by atoms with E-state index in [0.717, 1.165) is 17.9 Å². The summed E-state index contributed by atoms with van der Waals surface area (Å²) in [5.74, 6) is 6.51. The summed E-state index contributed by atoms with van der Waals surface area (Å²) >= 11 is 0. The Hall–Kier alpha value is -1.72. The van der Waals surface area contributed by atoms with Crippen LogP contribution in [-0.4, -0.2) is 14.5 Å². The molecule has 17 heavy (non-hydrogen) atoms. The molecule has 5 nitrogen and oxygen atoms in total. The number of aromatic nitrogens is 3. The minimum atomic E-state index is -0.175. The van der Waals surface area contributed by atoms with E-state index in [1.807, 2.05) is 23.9 Å². The van der Waals surface area contributed by atoms with Gasteiger partial charge >= 0.3 is 0 Å². The van der Waals surface area contributed by atoms with Crippen LogP contribution in [0.15, 0.2) is 30.7 Å². The highest BCUT2D eigenvalue weighted by Gasteiger charge is 2.20. The van der Waals surface area contributed by atoms with Crippen molar-refractivity contribution >= 4 is 0 Å². The minimum absolute atomic E-state index is 0.175. The fraction of sp³-hybridized carbons (Fsp3) is 0.333. The summed E-state index contributed by atoms with van der Waals surface area (Å²) in [7, 11) is 1.95. The Balaban J connectivity index is 2.46. The third-order valence-corrected chi connectivity index (χ3v) is 2.86. The molecule has 0 spiro atoms. The summed E-state index contributed by atoms with van der Waals surface area (Å²) in [4.78, 5) is 8.74. The van der Waals surface area contributed by atoms with Crippen molar-refractivity contribution in [2.45, 2.75) is 19.4 Å². The molecule has 90 valence electrons. The van der Waals surface area contributed by atoms with Crippen LogP contribution in [0.4, 0.5) is 0 Å². The zero-order valence-corrected chi connectivity index (χ0v) is 10.1. The third kappa shape index (κ3) is 2.20. The number of hydrazine groups is 1. The first kappa shape index (κ1) is 11.8. The van der Waals surface area contributed by atoms with E-state index in [4.69, 9.17) is 5.84 Å². The maximum absolute atomic E-state index is 5.65. The summed E-state index contributed by atoms with van der Waals surface area (Å²) < 4.78 is 1.94. The zero-order valence-electron chi connectivity index (χ0n) is 10.1. The minimum Gasteiger partial charge on any atom is -0.336 e. The largest absolute Gasteiger partial charge is 0.336 e. The normalized spacial score (nSPS) is 12.6. The molecular formula is C12H17N5. The molecule has 2 heterocycles. The van der Waals surface area contributed by atoms with Gasteiger partial charge in [-0.15, -0.1) is 0 Å². The molecule has 1 atom stereocenters. The van der Waals surface area contributed by atoms with Crippen LogP contribution in [0.5, 0.6) is 0 Å². The summed E-state index contributed by atoms with van der Waals surface area (Å²) in [6, 6.07) is 3.83. The van der Waals surface area contributed by atoms with Crippen LogP contribution in [0.3, 0.4) is 0 Å². The molecule has 2 rings (SSSR count). The van der Waals surface area contributed by atoms with Gasteiger partial charge in [0.15, 0.2) is 0 Å². The molecule has 2 aromatic heterocycles. The third-order valence-electron chi connectivity index (χ3n) is 2.86. The van der Waals surface area contributed by atoms with Gasteiger partial charge in [-0.25, -0.2) is 10.4 Å². The van der Waals surface area contributed by atoms with Gasteiger partial charge in [0.25, 0.3) is 0 Å². The predicted octanol–water partition coefficient (Wildman–Crippen LogP) is 0.930. The van der Waals surface area contributed by atoms with Crippen molar-refractivity contribution in [3.63, 3.8) is 0 Å². The average molecular weight is 231 g/mol. The van der Waals surface area contributed by atoms with E-state index >= 15 is 0 Å². The number of nitrogens with two attached hydrogens (primary N) is 1. The van der Waals surface area contributed by atoms with Crippen molar-refractivity contribution in [2.75, 3.05) is 0 Å². The van der Waals surface area contributed by atoms with Crippen LogP contribution in [0, 0.1) is 0 Å². The van der Waals surface area contributed by atoms with Gasteiger partial charge in [0.2, 0.25) is 0 Å². The van der Waals surface area contributed by atoms with Crippen LogP contribution < -0.4 is 11.3 Å². The van der Waals surface area contributed by atoms with Crippen LogP contribution in [-0.2, 0) is 13.5 Å². The van der Waals surface area contributed by atoms with Gasteiger partial charge in [-0.1, -0.05) is 13.0 Å². The Kier molecular flexibility index (Phi) is 3.51. The van der Waals surface area contributed by atoms with Crippen LogP contribution in [0.25, 0.3) is 0 Å². The highest BCUT2D eigenvalue weighted by Crippen LogP contribution is 2.21. The van der Waals surface area contributed by atoms with Gasteiger partial charge in [0, 0.05) is 25.6 Å². The molecular weight excluding hydrogens is 214 g/mol. The molecule has 1 unspecified atom stereocenters. The summed E-state index contributed by atoms with van der Waals surface area (Å²) in [5.41, 5.74) is 4.91. The molecule has 0 aliphatic carbocycles. The molecule has 5 heteroatoms. The zero-order chi connectivity index (χ0) is 12.3. The Bertz CT molecular complexity index is 491. The second-order valence-electron chi connectivity index (χ2n) is 3.90. The van der Waals surface area contributed by atoms with Crippen LogP contribution >= 0.6 is 0 Å². The van der Waals surface area contributed by atoms with Crippen molar-refractivity contribution in [2.24, 2.45) is 12.9 Å². The summed E-state index contributed by atoms with van der Waals surface area (Å²) in [6.45, 7) is 2.10. The molecule has 0 radical (unpaired) electrons. The van der Waals surface area contributed by atoms with Crippen LogP contribution in [0.2, 0.25) is 0 Å². The van der Waals surface area contributed by atoms with Crippen LogP contribution in [0.1, 0.15) is 30.0 Å². The molecule has 0 aliphatic heterocycles. The van der Waals surface area contributed by atoms with Crippen molar-refractivity contribution in [3.8, 4) is 0 Å². The van der Waals surface area contributed by atoms with E-state index < -0.39 is 0 Å². The van der Waals surface area contributed by atoms with E-state index in [1.165, 1.54) is 5.56 Å². The number of aryl methyl sites for hydroxylation is 2. The second-order valence-corrected chi connectivity index (χ2v) is 3.90. The van der Waals surface area contributed by atoms with Crippen molar-refractivity contribution in [1.29, 1.82) is 0 Å². The lowest BCUT2D eigenvalue weighted by atomic mass is 10.0. The molecule has 2 aromatic rings. The SMILES string of the molecule is CCc1cccnc1C(NN)c1nccn1C. The molecule has 0 aliphatic rings. The van der Waals surface area contributed by atoms with E-state index in [2.05, 4.69) is 28.4 Å². The summed E-state index contributed by atoms with van der Waals surface area (Å²) in [5, 5.41) is 0. The number of hydrogen-bond acceptors (Lipinski definition) is 4. The van der Waals surface area contributed by atoms with Gasteiger partial charge in [0.1, 0.15) is 11.9 Å². The smallest absolute Gasteiger partial charge is 0.133 e. The fourth-order valence-electron chi connectivity index (χ4n) is 1.94. The molecule has 0 saturated heterocycles. The van der Waals surface area contributed by atoms with Crippen molar-refractivity contribution < 1.29 is 0 Å². The topological polar surface area (TPSA) is 68.8 Å². The monoisotopic (exact) mass is 231 g/mol. The maximum Gasteiger partial charge on any atom is 0.133 e.